The molecule has 2 rings (SSSR count). The van der Waals surface area contributed by atoms with Gasteiger partial charge in [-0.25, -0.2) is 19.2 Å². The highest BCUT2D eigenvalue weighted by atomic mass is 79.9. The van der Waals surface area contributed by atoms with Gasteiger partial charge in [0.25, 0.3) is 0 Å². The minimum absolute atomic E-state index is 0.0978. The van der Waals surface area contributed by atoms with Crippen LogP contribution in [0.5, 0.6) is 0 Å². The Labute approximate surface area is 131 Å². The number of anilines is 1. The van der Waals surface area contributed by atoms with E-state index in [0.717, 1.165) is 0 Å². The molecule has 1 aliphatic rings. The molecule has 0 aliphatic carbocycles. The lowest BCUT2D eigenvalue weighted by atomic mass is 10.4. The van der Waals surface area contributed by atoms with Gasteiger partial charge in [0.1, 0.15) is 4.90 Å². The molecule has 1 aromatic heterocycles. The van der Waals surface area contributed by atoms with Crippen molar-refractivity contribution in [2.24, 2.45) is 5.84 Å². The van der Waals surface area contributed by atoms with Crippen LogP contribution in [0.4, 0.5) is 5.82 Å². The summed E-state index contributed by atoms with van der Waals surface area (Å²) in [4.78, 5) is 4.10. The van der Waals surface area contributed by atoms with Crippen molar-refractivity contribution in [1.29, 1.82) is 0 Å². The van der Waals surface area contributed by atoms with Gasteiger partial charge < -0.3 is 5.43 Å². The van der Waals surface area contributed by atoms with Gasteiger partial charge in [0.15, 0.2) is 5.82 Å². The van der Waals surface area contributed by atoms with E-state index in [1.54, 1.807) is 11.8 Å². The molecule has 9 heteroatoms. The van der Waals surface area contributed by atoms with Crippen LogP contribution >= 0.6 is 27.7 Å². The van der Waals surface area contributed by atoms with Crippen molar-refractivity contribution in [1.82, 2.24) is 9.29 Å². The molecule has 1 fully saturated rings. The largest absolute Gasteiger partial charge is 0.307 e. The molecule has 2 heterocycles. The lowest BCUT2D eigenvalue weighted by Gasteiger charge is -2.33. The molecule has 1 aromatic rings. The van der Waals surface area contributed by atoms with E-state index >= 15 is 0 Å². The van der Waals surface area contributed by atoms with Crippen molar-refractivity contribution < 1.29 is 8.42 Å². The molecule has 3 N–H and O–H groups in total. The number of nitrogens with zero attached hydrogens (tertiary/aromatic N) is 2. The van der Waals surface area contributed by atoms with E-state index in [4.69, 9.17) is 5.84 Å². The summed E-state index contributed by atoms with van der Waals surface area (Å²) in [5.74, 6) is 5.53. The topological polar surface area (TPSA) is 88.3 Å². The molecule has 2 unspecified atom stereocenters. The highest BCUT2D eigenvalue weighted by Crippen LogP contribution is 2.31. The summed E-state index contributed by atoms with van der Waals surface area (Å²) in [6.07, 6.45) is 1.51. The molecule has 0 spiro atoms. The Bertz CT molecular complexity index is 586. The number of hydrogen-bond donors (Lipinski definition) is 2. The first-order valence-corrected chi connectivity index (χ1v) is 9.30. The summed E-state index contributed by atoms with van der Waals surface area (Å²) in [6.45, 7) is 5.05. The number of rotatable bonds is 3. The normalized spacial score (nSPS) is 24.6. The fourth-order valence-corrected chi connectivity index (χ4v) is 5.94. The Hall–Kier alpha value is -0.350. The number of sulfonamides is 1. The zero-order valence-corrected chi connectivity index (χ0v) is 14.4. The molecule has 0 aromatic carbocycles. The third kappa shape index (κ3) is 3.28. The zero-order chi connectivity index (χ0) is 14.9. The van der Waals surface area contributed by atoms with Crippen molar-refractivity contribution >= 4 is 43.5 Å². The van der Waals surface area contributed by atoms with Crippen LogP contribution in [0, 0.1) is 0 Å². The summed E-state index contributed by atoms with van der Waals surface area (Å²) in [5, 5.41) is 0.533. The lowest BCUT2D eigenvalue weighted by Crippen LogP contribution is -2.44. The Morgan fingerprint density at radius 1 is 1.45 bits per heavy atom. The summed E-state index contributed by atoms with van der Waals surface area (Å²) in [6, 6.07) is 1.52. The molecule has 0 saturated carbocycles. The van der Waals surface area contributed by atoms with Crippen LogP contribution in [-0.4, -0.2) is 41.3 Å². The molecule has 2 atom stereocenters. The van der Waals surface area contributed by atoms with Gasteiger partial charge in [-0.3, -0.25) is 0 Å². The predicted octanol–water partition coefficient (Wildman–Crippen LogP) is 1.64. The highest BCUT2D eigenvalue weighted by Gasteiger charge is 2.33. The quantitative estimate of drug-likeness (QED) is 0.612. The number of thioether (sulfide) groups is 1. The van der Waals surface area contributed by atoms with Gasteiger partial charge in [0.2, 0.25) is 10.0 Å². The van der Waals surface area contributed by atoms with Crippen LogP contribution in [-0.2, 0) is 10.0 Å². The van der Waals surface area contributed by atoms with Crippen LogP contribution in [0.2, 0.25) is 0 Å². The molecule has 20 heavy (non-hydrogen) atoms. The first-order valence-electron chi connectivity index (χ1n) is 6.12. The lowest BCUT2D eigenvalue weighted by molar-refractivity contribution is 0.405. The summed E-state index contributed by atoms with van der Waals surface area (Å²) >= 11 is 5.05. The van der Waals surface area contributed by atoms with E-state index in [1.807, 2.05) is 13.8 Å². The number of halogens is 1. The smallest absolute Gasteiger partial charge is 0.246 e. The summed E-state index contributed by atoms with van der Waals surface area (Å²) in [5.41, 5.74) is 2.35. The maximum absolute atomic E-state index is 12.8. The maximum atomic E-state index is 12.8. The molecule has 0 amide bonds. The SMILES string of the molecule is CC1CN(S(=O)(=O)c2cc(Br)cnc2NN)CC(C)S1. The van der Waals surface area contributed by atoms with Crippen LogP contribution in [0.25, 0.3) is 0 Å². The van der Waals surface area contributed by atoms with Crippen LogP contribution in [0.15, 0.2) is 21.6 Å². The van der Waals surface area contributed by atoms with Crippen LogP contribution in [0.3, 0.4) is 0 Å². The van der Waals surface area contributed by atoms with E-state index in [1.165, 1.54) is 16.6 Å². The van der Waals surface area contributed by atoms with Crippen molar-refractivity contribution in [3.8, 4) is 0 Å². The number of aromatic nitrogens is 1. The number of nitrogens with two attached hydrogens (primary N) is 1. The van der Waals surface area contributed by atoms with Crippen molar-refractivity contribution in [2.45, 2.75) is 29.2 Å². The number of nitrogens with one attached hydrogen (secondary N) is 1. The average Bonchev–Trinajstić information content (AvgIpc) is 2.37. The van der Waals surface area contributed by atoms with Crippen LogP contribution in [0.1, 0.15) is 13.8 Å². The Morgan fingerprint density at radius 3 is 2.60 bits per heavy atom. The highest BCUT2D eigenvalue weighted by molar-refractivity contribution is 9.10. The summed E-state index contributed by atoms with van der Waals surface area (Å²) in [7, 11) is -3.61. The van der Waals surface area contributed by atoms with Crippen molar-refractivity contribution in [3.05, 3.63) is 16.7 Å². The van der Waals surface area contributed by atoms with Gasteiger partial charge in [-0.1, -0.05) is 13.8 Å². The zero-order valence-electron chi connectivity index (χ0n) is 11.2. The Kier molecular flexibility index (Phi) is 4.96. The molecule has 0 bridgehead atoms. The fourth-order valence-electron chi connectivity index (χ4n) is 2.19. The molecule has 1 saturated heterocycles. The first-order chi connectivity index (χ1) is 9.34. The van der Waals surface area contributed by atoms with E-state index in [2.05, 4.69) is 26.3 Å². The minimum Gasteiger partial charge on any atom is -0.307 e. The van der Waals surface area contributed by atoms with Gasteiger partial charge in [0, 0.05) is 34.3 Å². The molecule has 112 valence electrons. The molecular formula is C11H17BrN4O2S2. The molecule has 6 nitrogen and oxygen atoms in total. The van der Waals surface area contributed by atoms with E-state index in [9.17, 15) is 8.42 Å². The van der Waals surface area contributed by atoms with E-state index < -0.39 is 10.0 Å². The average molecular weight is 381 g/mol. The number of hydrazine groups is 1. The minimum atomic E-state index is -3.61. The second-order valence-corrected chi connectivity index (χ2v) is 9.43. The van der Waals surface area contributed by atoms with Gasteiger partial charge in [-0.2, -0.15) is 16.1 Å². The van der Waals surface area contributed by atoms with Crippen molar-refractivity contribution in [3.63, 3.8) is 0 Å². The van der Waals surface area contributed by atoms with E-state index in [0.29, 0.717) is 17.6 Å². The summed E-state index contributed by atoms with van der Waals surface area (Å²) < 4.78 is 27.6. The molecular weight excluding hydrogens is 364 g/mol. The van der Waals surface area contributed by atoms with E-state index in [-0.39, 0.29) is 21.2 Å². The number of pyridine rings is 1. The molecule has 1 aliphatic heterocycles. The predicted molar refractivity (Wildman–Crippen MR) is 85.0 cm³/mol. The third-order valence-corrected chi connectivity index (χ3v) is 6.47. The van der Waals surface area contributed by atoms with Crippen molar-refractivity contribution in [2.75, 3.05) is 18.5 Å². The Balaban J connectivity index is 2.42. The standard InChI is InChI=1S/C11H17BrN4O2S2/c1-7-5-16(6-8(2)19-7)20(17,18)10-3-9(12)4-14-11(10)15-13/h3-4,7-8H,5-6,13H2,1-2H3,(H,14,15). The third-order valence-electron chi connectivity index (χ3n) is 2.96. The number of hydrogen-bond acceptors (Lipinski definition) is 6. The van der Waals surface area contributed by atoms with Gasteiger partial charge in [-0.15, -0.1) is 0 Å². The molecule has 0 radical (unpaired) electrons. The second kappa shape index (κ2) is 6.18. The second-order valence-electron chi connectivity index (χ2n) is 4.72. The van der Waals surface area contributed by atoms with Gasteiger partial charge in [-0.05, 0) is 22.0 Å². The monoisotopic (exact) mass is 380 g/mol. The Morgan fingerprint density at radius 2 is 2.05 bits per heavy atom. The first kappa shape index (κ1) is 16.0. The van der Waals surface area contributed by atoms with Crippen LogP contribution < -0.4 is 11.3 Å². The number of nitrogen functional groups attached to an aromatic ring is 1. The maximum Gasteiger partial charge on any atom is 0.246 e. The fraction of sp³-hybridized carbons (Fsp3) is 0.545. The van der Waals surface area contributed by atoms with Gasteiger partial charge in [0.05, 0.1) is 0 Å². The van der Waals surface area contributed by atoms with Gasteiger partial charge >= 0.3 is 0 Å².